The Labute approximate surface area is 154 Å². The van der Waals surface area contributed by atoms with Crippen LogP contribution in [0.25, 0.3) is 11.0 Å². The molecule has 0 saturated carbocycles. The van der Waals surface area contributed by atoms with E-state index in [0.717, 1.165) is 35.4 Å². The number of methoxy groups -OCH3 is 1. The molecule has 1 heterocycles. The second kappa shape index (κ2) is 7.34. The topological polar surface area (TPSA) is 43.9 Å². The van der Waals surface area contributed by atoms with E-state index in [1.54, 1.807) is 13.2 Å². The maximum absolute atomic E-state index is 12.0. The quantitative estimate of drug-likeness (QED) is 0.718. The molecule has 3 aromatic rings. The van der Waals surface area contributed by atoms with Crippen LogP contribution < -0.4 is 15.3 Å². The van der Waals surface area contributed by atoms with Crippen LogP contribution in [0, 0.1) is 20.8 Å². The van der Waals surface area contributed by atoms with Crippen molar-refractivity contribution in [2.45, 2.75) is 33.9 Å². The number of hydrogen-bond acceptors (Lipinski definition) is 3. The van der Waals surface area contributed by atoms with Gasteiger partial charge in [-0.1, -0.05) is 11.6 Å². The highest BCUT2D eigenvalue weighted by Gasteiger charge is 2.14. The Morgan fingerprint density at radius 2 is 1.65 bits per heavy atom. The molecule has 4 heteroatoms. The van der Waals surface area contributed by atoms with Crippen LogP contribution in [-0.4, -0.2) is 14.2 Å². The van der Waals surface area contributed by atoms with Gasteiger partial charge < -0.3 is 14.1 Å². The number of benzene rings is 2. The number of ether oxygens (including phenoxy) is 1. The fourth-order valence-electron chi connectivity index (χ4n) is 3.39. The van der Waals surface area contributed by atoms with Crippen molar-refractivity contribution in [3.05, 3.63) is 74.6 Å². The Hall–Kier alpha value is -2.59. The molecule has 0 radical (unpaired) electrons. The highest BCUT2D eigenvalue weighted by Crippen LogP contribution is 2.22. The van der Waals surface area contributed by atoms with E-state index in [1.807, 2.05) is 19.1 Å². The van der Waals surface area contributed by atoms with Gasteiger partial charge in [0.25, 0.3) is 0 Å². The monoisotopic (exact) mass is 352 g/mol. The Morgan fingerprint density at radius 3 is 2.38 bits per heavy atom. The molecule has 0 bridgehead atoms. The summed E-state index contributed by atoms with van der Waals surface area (Å²) in [5.74, 6) is 0.902. The van der Waals surface area contributed by atoms with Crippen molar-refractivity contribution in [1.29, 1.82) is 0 Å². The Morgan fingerprint density at radius 1 is 0.962 bits per heavy atom. The molecule has 0 amide bonds. The number of nitrogens with one attached hydrogen (secondary N) is 1. The maximum atomic E-state index is 12.0. The zero-order valence-corrected chi connectivity index (χ0v) is 16.1. The molecule has 1 N–H and O–H groups in total. The molecule has 1 aromatic heterocycles. The van der Waals surface area contributed by atoms with Gasteiger partial charge in [0.1, 0.15) is 24.4 Å². The van der Waals surface area contributed by atoms with Gasteiger partial charge in [-0.25, -0.2) is 4.79 Å². The highest BCUT2D eigenvalue weighted by atomic mass is 16.5. The third-order valence-electron chi connectivity index (χ3n) is 4.86. The molecule has 1 unspecified atom stereocenters. The molecule has 4 nitrogen and oxygen atoms in total. The fourth-order valence-corrected chi connectivity index (χ4v) is 3.39. The minimum Gasteiger partial charge on any atom is -0.496 e. The minimum atomic E-state index is -0.295. The Balaban J connectivity index is 1.92. The van der Waals surface area contributed by atoms with Gasteiger partial charge >= 0.3 is 5.63 Å². The molecule has 0 spiro atoms. The lowest BCUT2D eigenvalue weighted by molar-refractivity contribution is -0.907. The summed E-state index contributed by atoms with van der Waals surface area (Å²) < 4.78 is 10.9. The molecule has 0 aliphatic heterocycles. The van der Waals surface area contributed by atoms with Crippen LogP contribution in [0.2, 0.25) is 0 Å². The van der Waals surface area contributed by atoms with Crippen molar-refractivity contribution in [1.82, 2.24) is 0 Å². The summed E-state index contributed by atoms with van der Waals surface area (Å²) in [5.41, 5.74) is 6.10. The molecule has 1 atom stereocenters. The number of quaternary nitrogens is 1. The molecule has 26 heavy (non-hydrogen) atoms. The lowest BCUT2D eigenvalue weighted by Gasteiger charge is -2.17. The molecular formula is C22H26NO3+. The summed E-state index contributed by atoms with van der Waals surface area (Å²) in [6.07, 6.45) is 0. The van der Waals surface area contributed by atoms with Gasteiger partial charge in [0.05, 0.1) is 14.2 Å². The van der Waals surface area contributed by atoms with Crippen LogP contribution in [0.3, 0.4) is 0 Å². The minimum absolute atomic E-state index is 0.295. The number of rotatable bonds is 5. The molecule has 0 fully saturated rings. The van der Waals surface area contributed by atoms with E-state index in [9.17, 15) is 4.79 Å². The van der Waals surface area contributed by atoms with Crippen LogP contribution in [-0.2, 0) is 13.1 Å². The zero-order valence-electron chi connectivity index (χ0n) is 16.1. The fraction of sp³-hybridized carbons (Fsp3) is 0.318. The van der Waals surface area contributed by atoms with Gasteiger partial charge in [0.2, 0.25) is 0 Å². The summed E-state index contributed by atoms with van der Waals surface area (Å²) >= 11 is 0. The number of fused-ring (bicyclic) bond motifs is 1. The summed E-state index contributed by atoms with van der Waals surface area (Å²) in [7, 11) is 3.83. The Bertz CT molecular complexity index is 1000. The summed E-state index contributed by atoms with van der Waals surface area (Å²) in [6, 6.07) is 11.9. The number of hydrogen-bond donors (Lipinski definition) is 1. The molecule has 0 aliphatic carbocycles. The summed E-state index contributed by atoms with van der Waals surface area (Å²) in [5, 5.41) is 1.02. The van der Waals surface area contributed by atoms with Gasteiger partial charge in [-0.15, -0.1) is 0 Å². The average molecular weight is 352 g/mol. The Kier molecular flexibility index (Phi) is 5.14. The molecule has 0 saturated heterocycles. The van der Waals surface area contributed by atoms with E-state index in [1.165, 1.54) is 21.6 Å². The van der Waals surface area contributed by atoms with E-state index in [-0.39, 0.29) is 5.63 Å². The third-order valence-corrected chi connectivity index (χ3v) is 4.86. The number of aryl methyl sites for hydroxylation is 3. The first-order valence-electron chi connectivity index (χ1n) is 8.86. The molecule has 136 valence electrons. The average Bonchev–Trinajstić information content (AvgIpc) is 2.57. The lowest BCUT2D eigenvalue weighted by Crippen LogP contribution is -3.06. The zero-order chi connectivity index (χ0) is 18.8. The van der Waals surface area contributed by atoms with Gasteiger partial charge in [-0.05, 0) is 56.2 Å². The normalized spacial score (nSPS) is 12.3. The second-order valence-corrected chi connectivity index (χ2v) is 7.15. The van der Waals surface area contributed by atoms with Crippen molar-refractivity contribution in [2.75, 3.05) is 14.2 Å². The van der Waals surface area contributed by atoms with Crippen molar-refractivity contribution in [3.63, 3.8) is 0 Å². The largest absolute Gasteiger partial charge is 0.496 e. The standard InChI is InChI=1S/C22H25NO3/c1-14-6-7-20(25-5)18(8-14)13-23(4)12-17-11-22(24)26-21-10-16(3)15(2)9-19(17)21/h6-11H,12-13H2,1-5H3/p+1. The van der Waals surface area contributed by atoms with Crippen LogP contribution >= 0.6 is 0 Å². The van der Waals surface area contributed by atoms with Gasteiger partial charge in [0.15, 0.2) is 0 Å². The van der Waals surface area contributed by atoms with Crippen LogP contribution in [0.4, 0.5) is 0 Å². The van der Waals surface area contributed by atoms with Gasteiger partial charge in [-0.3, -0.25) is 0 Å². The molecule has 3 rings (SSSR count). The predicted molar refractivity (Wildman–Crippen MR) is 104 cm³/mol. The van der Waals surface area contributed by atoms with E-state index in [2.05, 4.69) is 39.1 Å². The van der Waals surface area contributed by atoms with E-state index in [4.69, 9.17) is 9.15 Å². The van der Waals surface area contributed by atoms with Crippen molar-refractivity contribution in [3.8, 4) is 5.75 Å². The summed E-state index contributed by atoms with van der Waals surface area (Å²) in [6.45, 7) is 7.75. The highest BCUT2D eigenvalue weighted by molar-refractivity contribution is 5.81. The summed E-state index contributed by atoms with van der Waals surface area (Å²) in [4.78, 5) is 13.3. The van der Waals surface area contributed by atoms with E-state index >= 15 is 0 Å². The third kappa shape index (κ3) is 3.81. The first-order chi connectivity index (χ1) is 12.4. The van der Waals surface area contributed by atoms with E-state index < -0.39 is 0 Å². The molecule has 2 aromatic carbocycles. The maximum Gasteiger partial charge on any atom is 0.336 e. The van der Waals surface area contributed by atoms with Crippen LogP contribution in [0.1, 0.15) is 27.8 Å². The van der Waals surface area contributed by atoms with Crippen LogP contribution in [0.15, 0.2) is 45.6 Å². The van der Waals surface area contributed by atoms with Crippen molar-refractivity contribution < 1.29 is 14.1 Å². The first kappa shape index (κ1) is 18.2. The predicted octanol–water partition coefficient (Wildman–Crippen LogP) is 2.94. The van der Waals surface area contributed by atoms with Crippen molar-refractivity contribution in [2.24, 2.45) is 0 Å². The van der Waals surface area contributed by atoms with Crippen LogP contribution in [0.5, 0.6) is 5.75 Å². The van der Waals surface area contributed by atoms with Gasteiger partial charge in [0, 0.05) is 22.6 Å². The second-order valence-electron chi connectivity index (χ2n) is 7.15. The van der Waals surface area contributed by atoms with Gasteiger partial charge in [-0.2, -0.15) is 0 Å². The molecule has 0 aliphatic rings. The smallest absolute Gasteiger partial charge is 0.336 e. The molecular weight excluding hydrogens is 326 g/mol. The first-order valence-corrected chi connectivity index (χ1v) is 8.86. The SMILES string of the molecule is COc1ccc(C)cc1C[NH+](C)Cc1cc(=O)oc2cc(C)c(C)cc12. The van der Waals surface area contributed by atoms with Crippen molar-refractivity contribution >= 4 is 11.0 Å². The van der Waals surface area contributed by atoms with E-state index in [0.29, 0.717) is 5.58 Å². The lowest BCUT2D eigenvalue weighted by atomic mass is 10.0.